The van der Waals surface area contributed by atoms with Crippen LogP contribution in [0.1, 0.15) is 6.92 Å². The van der Waals surface area contributed by atoms with Crippen molar-refractivity contribution < 1.29 is 24.3 Å². The molecule has 2 N–H and O–H groups in total. The van der Waals surface area contributed by atoms with Gasteiger partial charge in [-0.05, 0) is 13.0 Å². The summed E-state index contributed by atoms with van der Waals surface area (Å²) in [5.41, 5.74) is 0.0762. The average molecular weight is 284 g/mol. The molecule has 0 saturated heterocycles. The topological polar surface area (TPSA) is 111 Å². The fourth-order valence-electron chi connectivity index (χ4n) is 1.44. The minimum atomic E-state index is -0.547. The number of nitrogens with one attached hydrogen (secondary N) is 1. The van der Waals surface area contributed by atoms with Crippen molar-refractivity contribution >= 4 is 17.3 Å². The number of nitro groups is 1. The van der Waals surface area contributed by atoms with Gasteiger partial charge in [0.05, 0.1) is 18.1 Å². The predicted octanol–water partition coefficient (Wildman–Crippen LogP) is 0.941. The van der Waals surface area contributed by atoms with E-state index < -0.39 is 10.9 Å². The highest BCUT2D eigenvalue weighted by molar-refractivity contribution is 5.71. The summed E-state index contributed by atoms with van der Waals surface area (Å²) in [6.45, 7) is 1.67. The Bertz CT molecular complexity index is 477. The summed E-state index contributed by atoms with van der Waals surface area (Å²) >= 11 is 0. The third-order valence-corrected chi connectivity index (χ3v) is 2.25. The van der Waals surface area contributed by atoms with E-state index in [1.54, 1.807) is 6.92 Å². The third kappa shape index (κ3) is 4.73. The second-order valence-electron chi connectivity index (χ2n) is 3.68. The van der Waals surface area contributed by atoms with Gasteiger partial charge >= 0.3 is 5.97 Å². The van der Waals surface area contributed by atoms with Crippen molar-refractivity contribution in [2.45, 2.75) is 6.92 Å². The first kappa shape index (κ1) is 15.7. The van der Waals surface area contributed by atoms with Crippen molar-refractivity contribution in [3.05, 3.63) is 28.3 Å². The van der Waals surface area contributed by atoms with Gasteiger partial charge in [0, 0.05) is 18.7 Å². The standard InChI is InChI=1S/C12H16N2O6/c1-2-19-12(16)8-20-9-3-4-11(14(17)18)10(7-9)13-5-6-15/h3-4,7,13,15H,2,5-6,8H2,1H3. The van der Waals surface area contributed by atoms with Gasteiger partial charge in [0.15, 0.2) is 6.61 Å². The Balaban J connectivity index is 2.78. The third-order valence-electron chi connectivity index (χ3n) is 2.25. The van der Waals surface area contributed by atoms with Crippen LogP contribution in [-0.4, -0.2) is 42.4 Å². The number of carbonyl (C=O) groups excluding carboxylic acids is 1. The van der Waals surface area contributed by atoms with Crippen LogP contribution in [0.4, 0.5) is 11.4 Å². The summed E-state index contributed by atoms with van der Waals surface area (Å²) in [7, 11) is 0. The molecule has 0 aliphatic heterocycles. The van der Waals surface area contributed by atoms with Crippen LogP contribution >= 0.6 is 0 Å². The number of nitro benzene ring substituents is 1. The highest BCUT2D eigenvalue weighted by Gasteiger charge is 2.14. The number of anilines is 1. The van der Waals surface area contributed by atoms with E-state index in [2.05, 4.69) is 5.32 Å². The van der Waals surface area contributed by atoms with Gasteiger partial charge in [-0.3, -0.25) is 10.1 Å². The fraction of sp³-hybridized carbons (Fsp3) is 0.417. The molecule has 1 aromatic carbocycles. The van der Waals surface area contributed by atoms with E-state index in [4.69, 9.17) is 14.6 Å². The predicted molar refractivity (Wildman–Crippen MR) is 70.8 cm³/mol. The maximum absolute atomic E-state index is 11.1. The molecule has 1 rings (SSSR count). The zero-order valence-corrected chi connectivity index (χ0v) is 11.0. The highest BCUT2D eigenvalue weighted by Crippen LogP contribution is 2.28. The molecule has 0 bridgehead atoms. The van der Waals surface area contributed by atoms with Crippen LogP contribution in [0.15, 0.2) is 18.2 Å². The maximum atomic E-state index is 11.1. The largest absolute Gasteiger partial charge is 0.482 e. The number of esters is 1. The molecule has 0 aliphatic rings. The van der Waals surface area contributed by atoms with E-state index >= 15 is 0 Å². The molecule has 0 aliphatic carbocycles. The molecule has 0 spiro atoms. The highest BCUT2D eigenvalue weighted by atomic mass is 16.6. The molecule has 0 aromatic heterocycles. The van der Waals surface area contributed by atoms with Crippen LogP contribution in [0.2, 0.25) is 0 Å². The molecule has 20 heavy (non-hydrogen) atoms. The molecule has 8 nitrogen and oxygen atoms in total. The monoisotopic (exact) mass is 284 g/mol. The van der Waals surface area contributed by atoms with E-state index in [0.29, 0.717) is 5.75 Å². The van der Waals surface area contributed by atoms with Crippen LogP contribution < -0.4 is 10.1 Å². The minimum absolute atomic E-state index is 0.137. The number of aliphatic hydroxyl groups excluding tert-OH is 1. The Morgan fingerprint density at radius 2 is 2.25 bits per heavy atom. The lowest BCUT2D eigenvalue weighted by atomic mass is 10.2. The van der Waals surface area contributed by atoms with Gasteiger partial charge in [0.2, 0.25) is 0 Å². The van der Waals surface area contributed by atoms with Crippen LogP contribution in [0.5, 0.6) is 5.75 Å². The van der Waals surface area contributed by atoms with Gasteiger partial charge in [-0.2, -0.15) is 0 Å². The second kappa shape index (κ2) is 7.95. The molecule has 110 valence electrons. The minimum Gasteiger partial charge on any atom is -0.482 e. The van der Waals surface area contributed by atoms with Crippen molar-refractivity contribution in [2.75, 3.05) is 31.7 Å². The summed E-state index contributed by atoms with van der Waals surface area (Å²) in [6.07, 6.45) is 0. The lowest BCUT2D eigenvalue weighted by Crippen LogP contribution is -2.15. The Morgan fingerprint density at radius 3 is 2.85 bits per heavy atom. The number of nitrogens with zero attached hydrogens (tertiary/aromatic N) is 1. The molecule has 0 amide bonds. The number of ether oxygens (including phenoxy) is 2. The summed E-state index contributed by atoms with van der Waals surface area (Å²) in [5.74, 6) is -0.222. The van der Waals surface area contributed by atoms with E-state index in [-0.39, 0.29) is 37.7 Å². The Hall–Kier alpha value is -2.35. The molecule has 0 radical (unpaired) electrons. The number of aliphatic hydroxyl groups is 1. The Kier molecular flexibility index (Phi) is 6.24. The van der Waals surface area contributed by atoms with Crippen molar-refractivity contribution in [3.8, 4) is 5.75 Å². The molecule has 0 atom stereocenters. The molecule has 0 fully saturated rings. The Labute approximate surface area is 115 Å². The summed E-state index contributed by atoms with van der Waals surface area (Å²) in [6, 6.07) is 4.05. The first-order chi connectivity index (χ1) is 9.58. The molecule has 8 heteroatoms. The zero-order chi connectivity index (χ0) is 15.0. The Morgan fingerprint density at radius 1 is 1.50 bits per heavy atom. The summed E-state index contributed by atoms with van der Waals surface area (Å²) in [4.78, 5) is 21.4. The summed E-state index contributed by atoms with van der Waals surface area (Å²) < 4.78 is 9.88. The molecular weight excluding hydrogens is 268 g/mol. The van der Waals surface area contributed by atoms with Crippen molar-refractivity contribution in [1.29, 1.82) is 0 Å². The quantitative estimate of drug-likeness (QED) is 0.415. The van der Waals surface area contributed by atoms with E-state index in [0.717, 1.165) is 0 Å². The number of benzene rings is 1. The lowest BCUT2D eigenvalue weighted by molar-refractivity contribution is -0.384. The fourth-order valence-corrected chi connectivity index (χ4v) is 1.44. The molecular formula is C12H16N2O6. The van der Waals surface area contributed by atoms with Crippen molar-refractivity contribution in [1.82, 2.24) is 0 Å². The maximum Gasteiger partial charge on any atom is 0.344 e. The van der Waals surface area contributed by atoms with Crippen LogP contribution in [0, 0.1) is 10.1 Å². The van der Waals surface area contributed by atoms with Crippen LogP contribution in [0.25, 0.3) is 0 Å². The molecule has 1 aromatic rings. The molecule has 0 saturated carbocycles. The molecule has 0 unspecified atom stereocenters. The van der Waals surface area contributed by atoms with Gasteiger partial charge in [-0.25, -0.2) is 4.79 Å². The van der Waals surface area contributed by atoms with E-state index in [9.17, 15) is 14.9 Å². The SMILES string of the molecule is CCOC(=O)COc1ccc([N+](=O)[O-])c(NCCO)c1. The first-order valence-electron chi connectivity index (χ1n) is 6.00. The van der Waals surface area contributed by atoms with Crippen LogP contribution in [0.3, 0.4) is 0 Å². The average Bonchev–Trinajstić information content (AvgIpc) is 2.43. The number of hydrogen-bond donors (Lipinski definition) is 2. The van der Waals surface area contributed by atoms with Gasteiger partial charge in [-0.1, -0.05) is 0 Å². The number of carbonyl (C=O) groups is 1. The smallest absolute Gasteiger partial charge is 0.344 e. The van der Waals surface area contributed by atoms with Gasteiger partial charge in [-0.15, -0.1) is 0 Å². The van der Waals surface area contributed by atoms with E-state index in [1.165, 1.54) is 18.2 Å². The zero-order valence-electron chi connectivity index (χ0n) is 11.0. The van der Waals surface area contributed by atoms with Gasteiger partial charge in [0.1, 0.15) is 11.4 Å². The lowest BCUT2D eigenvalue weighted by Gasteiger charge is -2.09. The second-order valence-corrected chi connectivity index (χ2v) is 3.68. The summed E-state index contributed by atoms with van der Waals surface area (Å²) in [5, 5.41) is 22.3. The first-order valence-corrected chi connectivity index (χ1v) is 6.00. The number of rotatable bonds is 8. The van der Waals surface area contributed by atoms with Crippen LogP contribution in [-0.2, 0) is 9.53 Å². The molecule has 0 heterocycles. The van der Waals surface area contributed by atoms with Gasteiger partial charge in [0.25, 0.3) is 5.69 Å². The van der Waals surface area contributed by atoms with Gasteiger partial charge < -0.3 is 19.9 Å². The normalized spacial score (nSPS) is 9.90. The number of hydrogen-bond acceptors (Lipinski definition) is 7. The van der Waals surface area contributed by atoms with E-state index in [1.807, 2.05) is 0 Å². The van der Waals surface area contributed by atoms with Crippen molar-refractivity contribution in [2.24, 2.45) is 0 Å². The van der Waals surface area contributed by atoms with Crippen molar-refractivity contribution in [3.63, 3.8) is 0 Å².